The highest BCUT2D eigenvalue weighted by molar-refractivity contribution is 9.10. The number of carbonyl (C=O) groups excluding carboxylic acids is 1. The molecule has 0 radical (unpaired) electrons. The van der Waals surface area contributed by atoms with Crippen LogP contribution >= 0.6 is 27.3 Å². The Morgan fingerprint density at radius 1 is 1.19 bits per heavy atom. The number of phenolic OH excluding ortho intramolecular Hbond substituents is 1. The predicted octanol–water partition coefficient (Wildman–Crippen LogP) is 4.11. The number of hydrogen-bond acceptors (Lipinski definition) is 7. The van der Waals surface area contributed by atoms with E-state index in [1.165, 1.54) is 11.3 Å². The Kier molecular flexibility index (Phi) is 7.80. The minimum absolute atomic E-state index is 0.0955. The molecule has 9 heteroatoms. The Balaban J connectivity index is 1.88. The zero-order valence-corrected chi connectivity index (χ0v) is 23.0. The van der Waals surface area contributed by atoms with E-state index in [9.17, 15) is 14.7 Å². The molecule has 0 amide bonds. The van der Waals surface area contributed by atoms with Crippen molar-refractivity contribution >= 4 is 45.0 Å². The van der Waals surface area contributed by atoms with Gasteiger partial charge in [0.15, 0.2) is 4.80 Å². The maximum Gasteiger partial charge on any atom is 0.338 e. The lowest BCUT2D eigenvalue weighted by Crippen LogP contribution is -2.39. The number of allylic oxidation sites excluding steroid dienone is 1. The van der Waals surface area contributed by atoms with E-state index in [0.717, 1.165) is 28.8 Å². The summed E-state index contributed by atoms with van der Waals surface area (Å²) in [7, 11) is 0. The number of ether oxygens (including phenoxy) is 1. The first-order valence-corrected chi connectivity index (χ1v) is 13.4. The second-order valence-corrected chi connectivity index (χ2v) is 10.2. The van der Waals surface area contributed by atoms with Gasteiger partial charge in [0.1, 0.15) is 5.75 Å². The SMILES string of the molecule is CCOC(=O)C1=C(C)N=c2s/c(=C\c3ccc(N(CC)CC)cc3O)c(=O)n2C1c1ccc(Br)cc1. The summed E-state index contributed by atoms with van der Waals surface area (Å²) in [5, 5.41) is 10.7. The second kappa shape index (κ2) is 10.8. The van der Waals surface area contributed by atoms with Crippen LogP contribution in [0.5, 0.6) is 5.75 Å². The molecule has 1 N–H and O–H groups in total. The lowest BCUT2D eigenvalue weighted by Gasteiger charge is -2.24. The van der Waals surface area contributed by atoms with Crippen LogP contribution in [0.25, 0.3) is 6.08 Å². The molecular weight excluding hydrogens is 542 g/mol. The van der Waals surface area contributed by atoms with Crippen LogP contribution in [0.4, 0.5) is 5.69 Å². The summed E-state index contributed by atoms with van der Waals surface area (Å²) in [4.78, 5) is 33.9. The number of fused-ring (bicyclic) bond motifs is 1. The van der Waals surface area contributed by atoms with Gasteiger partial charge in [-0.15, -0.1) is 0 Å². The van der Waals surface area contributed by atoms with Crippen LogP contribution in [0.3, 0.4) is 0 Å². The fourth-order valence-corrected chi connectivity index (χ4v) is 5.63. The lowest BCUT2D eigenvalue weighted by atomic mass is 9.96. The van der Waals surface area contributed by atoms with Crippen LogP contribution in [-0.2, 0) is 9.53 Å². The monoisotopic (exact) mass is 569 g/mol. The van der Waals surface area contributed by atoms with E-state index in [1.807, 2.05) is 36.4 Å². The zero-order valence-electron chi connectivity index (χ0n) is 20.6. The Morgan fingerprint density at radius 2 is 1.89 bits per heavy atom. The molecule has 0 bridgehead atoms. The maximum atomic E-state index is 13.7. The third-order valence-electron chi connectivity index (χ3n) is 6.13. The number of esters is 1. The molecule has 0 saturated heterocycles. The molecule has 2 heterocycles. The number of carbonyl (C=O) groups is 1. The topological polar surface area (TPSA) is 84.1 Å². The van der Waals surface area contributed by atoms with Crippen LogP contribution < -0.4 is 19.8 Å². The third kappa shape index (κ3) is 4.90. The molecule has 7 nitrogen and oxygen atoms in total. The highest BCUT2D eigenvalue weighted by atomic mass is 79.9. The smallest absolute Gasteiger partial charge is 0.338 e. The van der Waals surface area contributed by atoms with Gasteiger partial charge < -0.3 is 14.7 Å². The molecule has 0 spiro atoms. The van der Waals surface area contributed by atoms with Crippen molar-refractivity contribution in [1.29, 1.82) is 0 Å². The summed E-state index contributed by atoms with van der Waals surface area (Å²) < 4.78 is 8.17. The molecule has 2 aromatic carbocycles. The van der Waals surface area contributed by atoms with Crippen molar-refractivity contribution in [3.63, 3.8) is 0 Å². The molecule has 1 unspecified atom stereocenters. The van der Waals surface area contributed by atoms with Crippen LogP contribution in [0.15, 0.2) is 68.0 Å². The van der Waals surface area contributed by atoms with Gasteiger partial charge >= 0.3 is 5.97 Å². The van der Waals surface area contributed by atoms with Crippen molar-refractivity contribution in [2.75, 3.05) is 24.6 Å². The average Bonchev–Trinajstić information content (AvgIpc) is 3.15. The van der Waals surface area contributed by atoms with Gasteiger partial charge in [-0.25, -0.2) is 9.79 Å². The van der Waals surface area contributed by atoms with Crippen LogP contribution in [0, 0.1) is 0 Å². The molecular formula is C27H28BrN3O4S. The van der Waals surface area contributed by atoms with Gasteiger partial charge in [0, 0.05) is 34.9 Å². The number of aromatic hydroxyl groups is 1. The lowest BCUT2D eigenvalue weighted by molar-refractivity contribution is -0.139. The van der Waals surface area contributed by atoms with Gasteiger partial charge in [0.05, 0.1) is 28.5 Å². The molecule has 36 heavy (non-hydrogen) atoms. The van der Waals surface area contributed by atoms with Crippen LogP contribution in [0.1, 0.15) is 44.9 Å². The number of hydrogen-bond donors (Lipinski definition) is 1. The summed E-state index contributed by atoms with van der Waals surface area (Å²) >= 11 is 4.68. The largest absolute Gasteiger partial charge is 0.507 e. The van der Waals surface area contributed by atoms with Gasteiger partial charge in [-0.1, -0.05) is 39.4 Å². The molecule has 188 valence electrons. The molecule has 0 aliphatic carbocycles. The summed E-state index contributed by atoms with van der Waals surface area (Å²) in [6, 6.07) is 12.3. The summed E-state index contributed by atoms with van der Waals surface area (Å²) in [5.74, 6) is -0.399. The third-order valence-corrected chi connectivity index (χ3v) is 7.64. The van der Waals surface area contributed by atoms with E-state index < -0.39 is 12.0 Å². The van der Waals surface area contributed by atoms with Gasteiger partial charge in [-0.2, -0.15) is 0 Å². The number of aromatic nitrogens is 1. The Bertz CT molecular complexity index is 1500. The number of halogens is 1. The second-order valence-electron chi connectivity index (χ2n) is 8.27. The fourth-order valence-electron chi connectivity index (χ4n) is 4.33. The quantitative estimate of drug-likeness (QED) is 0.433. The molecule has 1 aliphatic heterocycles. The molecule has 1 atom stereocenters. The molecule has 1 aliphatic rings. The molecule has 3 aromatic rings. The molecule has 1 aromatic heterocycles. The fraction of sp³-hybridized carbons (Fsp3) is 0.296. The van der Waals surface area contributed by atoms with E-state index in [1.54, 1.807) is 30.6 Å². The highest BCUT2D eigenvalue weighted by Crippen LogP contribution is 2.31. The maximum absolute atomic E-state index is 13.7. The summed E-state index contributed by atoms with van der Waals surface area (Å²) in [5.41, 5.74) is 2.80. The van der Waals surface area contributed by atoms with Gasteiger partial charge in [-0.3, -0.25) is 9.36 Å². The highest BCUT2D eigenvalue weighted by Gasteiger charge is 2.33. The van der Waals surface area contributed by atoms with Crippen LogP contribution in [0.2, 0.25) is 0 Å². The van der Waals surface area contributed by atoms with Gasteiger partial charge in [-0.05, 0) is 63.6 Å². The number of phenols is 1. The normalized spacial score (nSPS) is 15.5. The van der Waals surface area contributed by atoms with Crippen molar-refractivity contribution in [1.82, 2.24) is 4.57 Å². The standard InChI is InChI=1S/C27H28BrN3O4S/c1-5-30(6-2)20-13-10-18(21(32)15-20)14-22-25(33)31-24(17-8-11-19(28)12-9-17)23(26(34)35-7-3)16(4)29-27(31)36-22/h8-15,24,32H,5-7H2,1-4H3/b22-14-. The van der Waals surface area contributed by atoms with Crippen molar-refractivity contribution in [3.8, 4) is 5.75 Å². The van der Waals surface area contributed by atoms with E-state index in [-0.39, 0.29) is 17.9 Å². The van der Waals surface area contributed by atoms with Crippen molar-refractivity contribution in [2.45, 2.75) is 33.7 Å². The number of benzene rings is 2. The number of thiazole rings is 1. The van der Waals surface area contributed by atoms with E-state index >= 15 is 0 Å². The first-order chi connectivity index (χ1) is 17.3. The first-order valence-electron chi connectivity index (χ1n) is 11.8. The van der Waals surface area contributed by atoms with E-state index in [0.29, 0.717) is 26.2 Å². The first kappa shape index (κ1) is 25.9. The van der Waals surface area contributed by atoms with Crippen molar-refractivity contribution in [3.05, 3.63) is 89.0 Å². The summed E-state index contributed by atoms with van der Waals surface area (Å²) in [6.07, 6.45) is 1.67. The zero-order chi connectivity index (χ0) is 26.0. The minimum atomic E-state index is -0.672. The Morgan fingerprint density at radius 3 is 2.50 bits per heavy atom. The number of nitrogens with zero attached hydrogens (tertiary/aromatic N) is 3. The number of rotatable bonds is 7. The number of anilines is 1. The molecule has 0 saturated carbocycles. The van der Waals surface area contributed by atoms with Crippen LogP contribution in [-0.4, -0.2) is 35.3 Å². The molecule has 4 rings (SSSR count). The Hall–Kier alpha value is -3.17. The Labute approximate surface area is 221 Å². The predicted molar refractivity (Wildman–Crippen MR) is 146 cm³/mol. The van der Waals surface area contributed by atoms with E-state index in [2.05, 4.69) is 39.7 Å². The minimum Gasteiger partial charge on any atom is -0.507 e. The van der Waals surface area contributed by atoms with Crippen molar-refractivity contribution in [2.24, 2.45) is 4.99 Å². The van der Waals surface area contributed by atoms with Gasteiger partial charge in [0.25, 0.3) is 5.56 Å². The molecule has 0 fully saturated rings. The van der Waals surface area contributed by atoms with Crippen molar-refractivity contribution < 1.29 is 14.6 Å². The summed E-state index contributed by atoms with van der Waals surface area (Å²) in [6.45, 7) is 9.49. The van der Waals surface area contributed by atoms with E-state index in [4.69, 9.17) is 4.74 Å². The van der Waals surface area contributed by atoms with Gasteiger partial charge in [0.2, 0.25) is 0 Å². The average molecular weight is 571 g/mol.